The van der Waals surface area contributed by atoms with Gasteiger partial charge in [-0.25, -0.2) is 9.37 Å². The number of benzene rings is 2. The largest absolute Gasteiger partial charge is 0.354 e. The normalized spacial score (nSPS) is 14.5. The Morgan fingerprint density at radius 3 is 2.30 bits per heavy atom. The highest BCUT2D eigenvalue weighted by Crippen LogP contribution is 2.18. The van der Waals surface area contributed by atoms with Crippen molar-refractivity contribution in [2.75, 3.05) is 36.4 Å². The molecule has 6 heteroatoms. The van der Waals surface area contributed by atoms with E-state index in [0.29, 0.717) is 11.3 Å². The zero-order valence-corrected chi connectivity index (χ0v) is 17.0. The van der Waals surface area contributed by atoms with Crippen LogP contribution in [0.15, 0.2) is 66.9 Å². The van der Waals surface area contributed by atoms with Gasteiger partial charge >= 0.3 is 0 Å². The molecular formula is C24H25FN4O. The number of piperazine rings is 1. The van der Waals surface area contributed by atoms with Gasteiger partial charge in [0.2, 0.25) is 0 Å². The second-order valence-electron chi connectivity index (χ2n) is 7.61. The molecule has 1 fully saturated rings. The Hall–Kier alpha value is -3.25. The molecular weight excluding hydrogens is 379 g/mol. The predicted molar refractivity (Wildman–Crippen MR) is 117 cm³/mol. The van der Waals surface area contributed by atoms with E-state index in [9.17, 15) is 9.18 Å². The van der Waals surface area contributed by atoms with Gasteiger partial charge in [0.25, 0.3) is 5.91 Å². The van der Waals surface area contributed by atoms with E-state index in [1.165, 1.54) is 12.1 Å². The molecule has 0 aliphatic carbocycles. The third-order valence-electron chi connectivity index (χ3n) is 5.34. The minimum atomic E-state index is -0.201. The van der Waals surface area contributed by atoms with Crippen LogP contribution in [0.5, 0.6) is 0 Å². The fourth-order valence-electron chi connectivity index (χ4n) is 3.54. The van der Waals surface area contributed by atoms with Crippen molar-refractivity contribution in [1.29, 1.82) is 0 Å². The Balaban J connectivity index is 1.29. The lowest BCUT2D eigenvalue weighted by molar-refractivity contribution is 0.102. The Bertz CT molecular complexity index is 979. The smallest absolute Gasteiger partial charge is 0.255 e. The highest BCUT2D eigenvalue weighted by molar-refractivity contribution is 6.04. The number of nitrogens with one attached hydrogen (secondary N) is 1. The van der Waals surface area contributed by atoms with Gasteiger partial charge in [-0.1, -0.05) is 29.8 Å². The van der Waals surface area contributed by atoms with Crippen LogP contribution in [0.3, 0.4) is 0 Å². The SMILES string of the molecule is Cc1ccc(C(=O)Nc2ccc(N3CCN(Cc4ccc(F)cc4)CC3)nc2)cc1. The molecule has 0 atom stereocenters. The Kier molecular flexibility index (Phi) is 6.05. The van der Waals surface area contributed by atoms with Crippen molar-refractivity contribution < 1.29 is 9.18 Å². The van der Waals surface area contributed by atoms with E-state index in [1.807, 2.05) is 55.5 Å². The molecule has 0 bridgehead atoms. The van der Waals surface area contributed by atoms with Crippen LogP contribution in [0.1, 0.15) is 21.5 Å². The lowest BCUT2D eigenvalue weighted by Gasteiger charge is -2.35. The maximum Gasteiger partial charge on any atom is 0.255 e. The first-order valence-electron chi connectivity index (χ1n) is 10.1. The van der Waals surface area contributed by atoms with E-state index in [-0.39, 0.29) is 11.7 Å². The monoisotopic (exact) mass is 404 g/mol. The van der Waals surface area contributed by atoms with E-state index in [2.05, 4.69) is 20.1 Å². The zero-order chi connectivity index (χ0) is 20.9. The number of aryl methyl sites for hydroxylation is 1. The number of hydrogen-bond donors (Lipinski definition) is 1. The molecule has 154 valence electrons. The molecule has 1 amide bonds. The molecule has 3 aromatic rings. The van der Waals surface area contributed by atoms with E-state index in [4.69, 9.17) is 0 Å². The van der Waals surface area contributed by atoms with Gasteiger partial charge in [0, 0.05) is 38.3 Å². The molecule has 4 rings (SSSR count). The maximum atomic E-state index is 13.1. The average molecular weight is 404 g/mol. The number of carbonyl (C=O) groups excluding carboxylic acids is 1. The summed E-state index contributed by atoms with van der Waals surface area (Å²) in [6, 6.07) is 18.0. The van der Waals surface area contributed by atoms with Gasteiger partial charge in [-0.2, -0.15) is 0 Å². The molecule has 2 aromatic carbocycles. The van der Waals surface area contributed by atoms with Gasteiger partial charge in [0.1, 0.15) is 11.6 Å². The minimum Gasteiger partial charge on any atom is -0.354 e. The fraction of sp³-hybridized carbons (Fsp3) is 0.250. The Morgan fingerprint density at radius 1 is 0.967 bits per heavy atom. The van der Waals surface area contributed by atoms with Crippen LogP contribution in [-0.4, -0.2) is 42.0 Å². The van der Waals surface area contributed by atoms with Crippen LogP contribution in [0.4, 0.5) is 15.9 Å². The van der Waals surface area contributed by atoms with Crippen molar-refractivity contribution >= 4 is 17.4 Å². The summed E-state index contributed by atoms with van der Waals surface area (Å²) in [7, 11) is 0. The molecule has 30 heavy (non-hydrogen) atoms. The number of nitrogens with zero attached hydrogens (tertiary/aromatic N) is 3. The highest BCUT2D eigenvalue weighted by atomic mass is 19.1. The van der Waals surface area contributed by atoms with E-state index < -0.39 is 0 Å². The molecule has 1 aliphatic heterocycles. The van der Waals surface area contributed by atoms with Crippen LogP contribution in [0.2, 0.25) is 0 Å². The lowest BCUT2D eigenvalue weighted by Crippen LogP contribution is -2.46. The van der Waals surface area contributed by atoms with Gasteiger partial charge in [0.15, 0.2) is 0 Å². The number of anilines is 2. The summed E-state index contributed by atoms with van der Waals surface area (Å²) in [5.74, 6) is 0.567. The third kappa shape index (κ3) is 5.02. The fourth-order valence-corrected chi connectivity index (χ4v) is 3.54. The lowest BCUT2D eigenvalue weighted by atomic mass is 10.1. The first-order chi connectivity index (χ1) is 14.6. The van der Waals surface area contributed by atoms with Crippen molar-refractivity contribution in [3.63, 3.8) is 0 Å². The number of pyridine rings is 1. The molecule has 0 radical (unpaired) electrons. The first kappa shape index (κ1) is 20.0. The zero-order valence-electron chi connectivity index (χ0n) is 17.0. The molecule has 1 aromatic heterocycles. The number of rotatable bonds is 5. The summed E-state index contributed by atoms with van der Waals surface area (Å²) >= 11 is 0. The molecule has 0 spiro atoms. The summed E-state index contributed by atoms with van der Waals surface area (Å²) < 4.78 is 13.1. The van der Waals surface area contributed by atoms with Crippen molar-refractivity contribution in [2.24, 2.45) is 0 Å². The average Bonchev–Trinajstić information content (AvgIpc) is 2.77. The van der Waals surface area contributed by atoms with Crippen LogP contribution < -0.4 is 10.2 Å². The van der Waals surface area contributed by atoms with E-state index in [1.54, 1.807) is 6.20 Å². The highest BCUT2D eigenvalue weighted by Gasteiger charge is 2.18. The summed E-state index contributed by atoms with van der Waals surface area (Å²) in [5.41, 5.74) is 3.55. The second kappa shape index (κ2) is 9.05. The summed E-state index contributed by atoms with van der Waals surface area (Å²) in [5, 5.41) is 2.89. The topological polar surface area (TPSA) is 48.5 Å². The Labute approximate surface area is 176 Å². The number of carbonyl (C=O) groups is 1. The number of hydrogen-bond acceptors (Lipinski definition) is 4. The molecule has 0 saturated carbocycles. The summed E-state index contributed by atoms with van der Waals surface area (Å²) in [6.45, 7) is 6.42. The van der Waals surface area contributed by atoms with Crippen LogP contribution in [-0.2, 0) is 6.54 Å². The minimum absolute atomic E-state index is 0.140. The van der Waals surface area contributed by atoms with Gasteiger partial charge in [-0.05, 0) is 48.9 Å². The quantitative estimate of drug-likeness (QED) is 0.696. The number of halogens is 1. The first-order valence-corrected chi connectivity index (χ1v) is 10.1. The van der Waals surface area contributed by atoms with Gasteiger partial charge in [0.05, 0.1) is 11.9 Å². The number of amides is 1. The van der Waals surface area contributed by atoms with Crippen molar-refractivity contribution in [2.45, 2.75) is 13.5 Å². The van der Waals surface area contributed by atoms with Gasteiger partial charge in [-0.15, -0.1) is 0 Å². The molecule has 1 N–H and O–H groups in total. The van der Waals surface area contributed by atoms with E-state index >= 15 is 0 Å². The van der Waals surface area contributed by atoms with Crippen LogP contribution in [0.25, 0.3) is 0 Å². The molecule has 0 unspecified atom stereocenters. The third-order valence-corrected chi connectivity index (χ3v) is 5.34. The van der Waals surface area contributed by atoms with Gasteiger partial charge in [-0.3, -0.25) is 9.69 Å². The molecule has 1 saturated heterocycles. The second-order valence-corrected chi connectivity index (χ2v) is 7.61. The van der Waals surface area contributed by atoms with Crippen molar-refractivity contribution in [3.05, 3.63) is 89.4 Å². The Morgan fingerprint density at radius 2 is 1.67 bits per heavy atom. The van der Waals surface area contributed by atoms with Crippen LogP contribution >= 0.6 is 0 Å². The molecule has 2 heterocycles. The van der Waals surface area contributed by atoms with Crippen molar-refractivity contribution in [3.8, 4) is 0 Å². The summed E-state index contributed by atoms with van der Waals surface area (Å²) in [4.78, 5) is 21.5. The maximum absolute atomic E-state index is 13.1. The predicted octanol–water partition coefficient (Wildman–Crippen LogP) is 4.10. The molecule has 1 aliphatic rings. The molecule has 5 nitrogen and oxygen atoms in total. The van der Waals surface area contributed by atoms with E-state index in [0.717, 1.165) is 49.7 Å². The van der Waals surface area contributed by atoms with Crippen LogP contribution in [0, 0.1) is 12.7 Å². The van der Waals surface area contributed by atoms with Gasteiger partial charge < -0.3 is 10.2 Å². The number of aromatic nitrogens is 1. The standard InChI is InChI=1S/C24H25FN4O/c1-18-2-6-20(7-3-18)24(30)27-22-10-11-23(26-16-22)29-14-12-28(13-15-29)17-19-4-8-21(25)9-5-19/h2-11,16H,12-15,17H2,1H3,(H,27,30). The van der Waals surface area contributed by atoms with Crippen molar-refractivity contribution in [1.82, 2.24) is 9.88 Å². The summed E-state index contributed by atoms with van der Waals surface area (Å²) in [6.07, 6.45) is 1.70.